The van der Waals surface area contributed by atoms with Crippen molar-refractivity contribution in [2.24, 2.45) is 11.8 Å². The molecule has 0 aromatic heterocycles. The van der Waals surface area contributed by atoms with Gasteiger partial charge in [-0.15, -0.1) is 0 Å². The molecule has 0 saturated heterocycles. The van der Waals surface area contributed by atoms with E-state index in [1.807, 2.05) is 0 Å². The van der Waals surface area contributed by atoms with Gasteiger partial charge in [-0.1, -0.05) is 27.7 Å². The minimum atomic E-state index is 0.407. The number of carbonyl (C=O) groups excluding carboxylic acids is 1. The van der Waals surface area contributed by atoms with Crippen LogP contribution in [0.1, 0.15) is 40.5 Å². The van der Waals surface area contributed by atoms with Crippen molar-refractivity contribution in [1.29, 1.82) is 0 Å². The Morgan fingerprint density at radius 3 is 1.36 bits per heavy atom. The summed E-state index contributed by atoms with van der Waals surface area (Å²) in [5, 5.41) is 0. The van der Waals surface area contributed by atoms with Gasteiger partial charge in [0.05, 0.1) is 14.2 Å². The number of hydrogen-bond acceptors (Lipinski definition) is 3. The van der Waals surface area contributed by atoms with Crippen LogP contribution in [-0.4, -0.2) is 20.0 Å². The van der Waals surface area contributed by atoms with Gasteiger partial charge in [0.1, 0.15) is 5.78 Å². The molecule has 0 amide bonds. The highest BCUT2D eigenvalue weighted by atomic mass is 17.2. The van der Waals surface area contributed by atoms with Gasteiger partial charge in [0.15, 0.2) is 0 Å². The number of ketones is 1. The van der Waals surface area contributed by atoms with Crippen molar-refractivity contribution in [3.63, 3.8) is 0 Å². The molecular formula is C11H24O3. The molecule has 0 bridgehead atoms. The molecule has 86 valence electrons. The highest BCUT2D eigenvalue weighted by Gasteiger charge is 2.06. The van der Waals surface area contributed by atoms with Gasteiger partial charge < -0.3 is 0 Å². The molecule has 0 radical (unpaired) electrons. The Bertz CT molecular complexity index is 116. The van der Waals surface area contributed by atoms with E-state index in [9.17, 15) is 4.79 Å². The molecule has 0 aromatic carbocycles. The zero-order valence-electron chi connectivity index (χ0n) is 10.3. The Hall–Kier alpha value is -0.410. The largest absolute Gasteiger partial charge is 0.300 e. The molecule has 3 heteroatoms. The van der Waals surface area contributed by atoms with Crippen molar-refractivity contribution >= 4 is 5.78 Å². The first-order valence-corrected chi connectivity index (χ1v) is 5.02. The van der Waals surface area contributed by atoms with Crippen molar-refractivity contribution < 1.29 is 14.6 Å². The fraction of sp³-hybridized carbons (Fsp3) is 0.909. The SMILES string of the molecule is CC(C)CC(=O)CC(C)C.COOC. The van der Waals surface area contributed by atoms with Crippen LogP contribution in [0.15, 0.2) is 0 Å². The summed E-state index contributed by atoms with van der Waals surface area (Å²) in [4.78, 5) is 19.1. The van der Waals surface area contributed by atoms with E-state index in [1.165, 1.54) is 14.2 Å². The first-order valence-electron chi connectivity index (χ1n) is 5.02. The second-order valence-corrected chi connectivity index (χ2v) is 4.07. The molecule has 0 spiro atoms. The Morgan fingerprint density at radius 1 is 0.929 bits per heavy atom. The van der Waals surface area contributed by atoms with E-state index in [0.29, 0.717) is 17.6 Å². The topological polar surface area (TPSA) is 35.5 Å². The van der Waals surface area contributed by atoms with E-state index in [-0.39, 0.29) is 0 Å². The molecule has 0 saturated carbocycles. The van der Waals surface area contributed by atoms with E-state index in [2.05, 4.69) is 37.5 Å². The Kier molecular flexibility index (Phi) is 12.2. The smallest absolute Gasteiger partial charge is 0.133 e. The van der Waals surface area contributed by atoms with Gasteiger partial charge in [-0.05, 0) is 11.8 Å². The van der Waals surface area contributed by atoms with Gasteiger partial charge in [-0.3, -0.25) is 4.79 Å². The maximum atomic E-state index is 11.1. The van der Waals surface area contributed by atoms with Crippen LogP contribution in [0.3, 0.4) is 0 Å². The lowest BCUT2D eigenvalue weighted by Crippen LogP contribution is -2.05. The monoisotopic (exact) mass is 204 g/mol. The summed E-state index contributed by atoms with van der Waals surface area (Å²) in [6.07, 6.45) is 1.50. The van der Waals surface area contributed by atoms with Gasteiger partial charge >= 0.3 is 0 Å². The van der Waals surface area contributed by atoms with Crippen molar-refractivity contribution in [3.8, 4) is 0 Å². The van der Waals surface area contributed by atoms with Gasteiger partial charge in [0.25, 0.3) is 0 Å². The second-order valence-electron chi connectivity index (χ2n) is 4.07. The molecule has 0 aliphatic carbocycles. The quantitative estimate of drug-likeness (QED) is 0.510. The van der Waals surface area contributed by atoms with E-state index < -0.39 is 0 Å². The number of hydrogen-bond donors (Lipinski definition) is 0. The Labute approximate surface area is 87.7 Å². The predicted octanol–water partition coefficient (Wildman–Crippen LogP) is 2.84. The van der Waals surface area contributed by atoms with Gasteiger partial charge in [-0.25, -0.2) is 9.78 Å². The van der Waals surface area contributed by atoms with Crippen LogP contribution < -0.4 is 0 Å². The normalized spacial score (nSPS) is 10.0. The van der Waals surface area contributed by atoms with Crippen molar-refractivity contribution in [3.05, 3.63) is 0 Å². The molecule has 3 nitrogen and oxygen atoms in total. The van der Waals surface area contributed by atoms with E-state index in [1.54, 1.807) is 0 Å². The summed E-state index contributed by atoms with van der Waals surface area (Å²) in [5.74, 6) is 1.45. The predicted molar refractivity (Wildman–Crippen MR) is 57.9 cm³/mol. The van der Waals surface area contributed by atoms with Crippen LogP contribution in [0.2, 0.25) is 0 Å². The molecule has 14 heavy (non-hydrogen) atoms. The zero-order chi connectivity index (χ0) is 11.6. The standard InChI is InChI=1S/C9H18O.C2H6O2/c1-7(2)5-9(10)6-8(3)4;1-3-4-2/h7-8H,5-6H2,1-4H3;1-2H3. The minimum absolute atomic E-state index is 0.407. The average molecular weight is 204 g/mol. The first-order chi connectivity index (χ1) is 6.43. The molecule has 0 fully saturated rings. The van der Waals surface area contributed by atoms with Crippen LogP contribution >= 0.6 is 0 Å². The van der Waals surface area contributed by atoms with Crippen molar-refractivity contribution in [1.82, 2.24) is 0 Å². The van der Waals surface area contributed by atoms with Gasteiger partial charge in [0, 0.05) is 12.8 Å². The fourth-order valence-corrected chi connectivity index (χ4v) is 0.994. The fourth-order valence-electron chi connectivity index (χ4n) is 0.994. The molecule has 0 N–H and O–H groups in total. The number of carbonyl (C=O) groups is 1. The Morgan fingerprint density at radius 2 is 1.21 bits per heavy atom. The van der Waals surface area contributed by atoms with Crippen LogP contribution in [0.5, 0.6) is 0 Å². The lowest BCUT2D eigenvalue weighted by atomic mass is 10.00. The first kappa shape index (κ1) is 16.0. The highest BCUT2D eigenvalue weighted by molar-refractivity contribution is 5.78. The summed E-state index contributed by atoms with van der Waals surface area (Å²) < 4.78 is 0. The molecule has 0 rings (SSSR count). The van der Waals surface area contributed by atoms with E-state index in [0.717, 1.165) is 12.8 Å². The van der Waals surface area contributed by atoms with Crippen molar-refractivity contribution in [2.45, 2.75) is 40.5 Å². The van der Waals surface area contributed by atoms with E-state index in [4.69, 9.17) is 0 Å². The van der Waals surface area contributed by atoms with Crippen LogP contribution in [0.25, 0.3) is 0 Å². The van der Waals surface area contributed by atoms with Crippen LogP contribution in [0.4, 0.5) is 0 Å². The summed E-state index contributed by atoms with van der Waals surface area (Å²) in [7, 11) is 2.92. The maximum Gasteiger partial charge on any atom is 0.133 e. The molecule has 0 unspecified atom stereocenters. The third-order valence-corrected chi connectivity index (χ3v) is 1.44. The van der Waals surface area contributed by atoms with E-state index >= 15 is 0 Å². The summed E-state index contributed by atoms with van der Waals surface area (Å²) in [5.41, 5.74) is 0. The van der Waals surface area contributed by atoms with Crippen LogP contribution in [-0.2, 0) is 14.6 Å². The second kappa shape index (κ2) is 10.7. The summed E-state index contributed by atoms with van der Waals surface area (Å²) >= 11 is 0. The third kappa shape index (κ3) is 17.6. The molecule has 0 heterocycles. The average Bonchev–Trinajstić information content (AvgIpc) is 2.01. The van der Waals surface area contributed by atoms with Gasteiger partial charge in [-0.2, -0.15) is 0 Å². The summed E-state index contributed by atoms with van der Waals surface area (Å²) in [6.45, 7) is 8.33. The lowest BCUT2D eigenvalue weighted by molar-refractivity contribution is -0.248. The maximum absolute atomic E-state index is 11.1. The summed E-state index contributed by atoms with van der Waals surface area (Å²) in [6, 6.07) is 0. The van der Waals surface area contributed by atoms with Gasteiger partial charge in [0.2, 0.25) is 0 Å². The highest BCUT2D eigenvalue weighted by Crippen LogP contribution is 2.07. The molecule has 0 aliphatic heterocycles. The molecule has 0 aliphatic rings. The Balaban J connectivity index is 0. The molecule has 0 aromatic rings. The van der Waals surface area contributed by atoms with Crippen LogP contribution in [0, 0.1) is 11.8 Å². The van der Waals surface area contributed by atoms with Crippen molar-refractivity contribution in [2.75, 3.05) is 14.2 Å². The lowest BCUT2D eigenvalue weighted by Gasteiger charge is -2.05. The number of rotatable bonds is 5. The molecular weight excluding hydrogens is 180 g/mol. The molecule has 0 atom stereocenters. The third-order valence-electron chi connectivity index (χ3n) is 1.44. The zero-order valence-corrected chi connectivity index (χ0v) is 10.3. The number of Topliss-reactive ketones (excluding diaryl/α,β-unsaturated/α-hetero) is 1. The minimum Gasteiger partial charge on any atom is -0.300 e.